The van der Waals surface area contributed by atoms with Crippen molar-refractivity contribution in [1.82, 2.24) is 15.4 Å². The van der Waals surface area contributed by atoms with Crippen molar-refractivity contribution >= 4 is 17.6 Å². The molecule has 9 heteroatoms. The number of methoxy groups -OCH3 is 3. The molecule has 0 amide bonds. The molecular formula is C24H28N6O3. The van der Waals surface area contributed by atoms with E-state index in [1.807, 2.05) is 18.2 Å². The third-order valence-electron chi connectivity index (χ3n) is 6.02. The van der Waals surface area contributed by atoms with Crippen molar-refractivity contribution in [1.29, 1.82) is 0 Å². The smallest absolute Gasteiger partial charge is 0.226 e. The summed E-state index contributed by atoms with van der Waals surface area (Å²) in [6.45, 7) is 2.23. The molecule has 0 fully saturated rings. The molecule has 1 atom stereocenters. The van der Waals surface area contributed by atoms with E-state index in [4.69, 9.17) is 24.2 Å². The number of nitrogens with one attached hydrogen (secondary N) is 3. The average molecular weight is 449 g/mol. The molecule has 172 valence electrons. The average Bonchev–Trinajstić information content (AvgIpc) is 3.28. The zero-order chi connectivity index (χ0) is 22.8. The second kappa shape index (κ2) is 9.03. The quantitative estimate of drug-likeness (QED) is 0.479. The van der Waals surface area contributed by atoms with E-state index >= 15 is 0 Å². The molecule has 33 heavy (non-hydrogen) atoms. The van der Waals surface area contributed by atoms with Crippen LogP contribution in [0.1, 0.15) is 29.2 Å². The summed E-state index contributed by atoms with van der Waals surface area (Å²) in [5.74, 6) is 4.15. The van der Waals surface area contributed by atoms with Crippen LogP contribution in [0.25, 0.3) is 0 Å². The van der Waals surface area contributed by atoms with E-state index in [-0.39, 0.29) is 6.04 Å². The molecule has 5 rings (SSSR count). The van der Waals surface area contributed by atoms with Gasteiger partial charge < -0.3 is 29.9 Å². The number of hydrazine groups is 1. The number of hydrogen-bond donors (Lipinski definition) is 3. The number of rotatable bonds is 8. The normalized spacial score (nSPS) is 16.1. The lowest BCUT2D eigenvalue weighted by Crippen LogP contribution is -2.34. The van der Waals surface area contributed by atoms with Crippen molar-refractivity contribution < 1.29 is 14.2 Å². The van der Waals surface area contributed by atoms with Gasteiger partial charge in [-0.3, -0.25) is 0 Å². The van der Waals surface area contributed by atoms with Gasteiger partial charge >= 0.3 is 0 Å². The molecule has 3 heterocycles. The molecule has 3 aromatic rings. The maximum atomic E-state index is 5.47. The van der Waals surface area contributed by atoms with Crippen LogP contribution in [0.4, 0.5) is 17.6 Å². The first-order valence-electron chi connectivity index (χ1n) is 10.9. The summed E-state index contributed by atoms with van der Waals surface area (Å²) in [5, 5.41) is 3.36. The molecular weight excluding hydrogens is 420 g/mol. The minimum atomic E-state index is 0.228. The number of anilines is 3. The number of nitrogens with zero attached hydrogens (tertiary/aromatic N) is 3. The van der Waals surface area contributed by atoms with Crippen molar-refractivity contribution in [2.24, 2.45) is 0 Å². The van der Waals surface area contributed by atoms with E-state index in [1.54, 1.807) is 21.3 Å². The first-order valence-corrected chi connectivity index (χ1v) is 10.9. The Morgan fingerprint density at radius 1 is 1.00 bits per heavy atom. The standard InChI is InChI=1S/C24H28N6O3/c1-31-18-11-16(12-19(32-2)21(18)33-3)13-25-24-26-22-20-17(28-29-22)9-10-30(23(20)27-24)14-15-7-5-4-6-8-15/h4-8,11-12,17,28H,9-10,13-14H2,1-3H3,(H2,25,26,27,29). The van der Waals surface area contributed by atoms with E-state index in [1.165, 1.54) is 5.56 Å². The highest BCUT2D eigenvalue weighted by Gasteiger charge is 2.34. The highest BCUT2D eigenvalue weighted by Crippen LogP contribution is 2.41. The van der Waals surface area contributed by atoms with Gasteiger partial charge in [0.05, 0.1) is 32.9 Å². The Hall–Kier alpha value is -3.72. The fourth-order valence-electron chi connectivity index (χ4n) is 4.41. The van der Waals surface area contributed by atoms with Crippen LogP contribution in [-0.2, 0) is 13.1 Å². The zero-order valence-electron chi connectivity index (χ0n) is 19.0. The van der Waals surface area contributed by atoms with Crippen LogP contribution in [0.5, 0.6) is 17.2 Å². The SMILES string of the molecule is COc1cc(CNc2nc3c4c(n2)N(Cc2ccccc2)CCC4NN3)cc(OC)c1OC. The molecule has 0 radical (unpaired) electrons. The van der Waals surface area contributed by atoms with Crippen molar-refractivity contribution in [2.45, 2.75) is 25.6 Å². The van der Waals surface area contributed by atoms with E-state index < -0.39 is 0 Å². The summed E-state index contributed by atoms with van der Waals surface area (Å²) in [6, 6.07) is 14.5. The second-order valence-corrected chi connectivity index (χ2v) is 8.04. The predicted octanol–water partition coefficient (Wildman–Crippen LogP) is 3.50. The third kappa shape index (κ3) is 4.07. The van der Waals surface area contributed by atoms with Crippen molar-refractivity contribution in [3.8, 4) is 17.2 Å². The van der Waals surface area contributed by atoms with Crippen LogP contribution in [0.3, 0.4) is 0 Å². The van der Waals surface area contributed by atoms with Gasteiger partial charge in [0.15, 0.2) is 17.3 Å². The molecule has 0 spiro atoms. The molecule has 2 aliphatic rings. The van der Waals surface area contributed by atoms with E-state index in [2.05, 4.69) is 45.3 Å². The maximum absolute atomic E-state index is 5.47. The summed E-state index contributed by atoms with van der Waals surface area (Å²) in [4.78, 5) is 11.9. The highest BCUT2D eigenvalue weighted by molar-refractivity contribution is 5.67. The number of hydrogen-bond acceptors (Lipinski definition) is 9. The van der Waals surface area contributed by atoms with Crippen LogP contribution in [0, 0.1) is 0 Å². The van der Waals surface area contributed by atoms with Crippen LogP contribution in [-0.4, -0.2) is 37.8 Å². The highest BCUT2D eigenvalue weighted by atomic mass is 16.5. The van der Waals surface area contributed by atoms with Crippen molar-refractivity contribution in [2.75, 3.05) is 43.5 Å². The lowest BCUT2D eigenvalue weighted by atomic mass is 10.0. The Balaban J connectivity index is 1.41. The summed E-state index contributed by atoms with van der Waals surface area (Å²) in [5.41, 5.74) is 9.93. The molecule has 0 bridgehead atoms. The minimum absolute atomic E-state index is 0.228. The third-order valence-corrected chi connectivity index (χ3v) is 6.02. The molecule has 3 N–H and O–H groups in total. The fourth-order valence-corrected chi connectivity index (χ4v) is 4.41. The molecule has 1 aromatic heterocycles. The lowest BCUT2D eigenvalue weighted by Gasteiger charge is -2.32. The van der Waals surface area contributed by atoms with Crippen LogP contribution in [0.2, 0.25) is 0 Å². The van der Waals surface area contributed by atoms with E-state index in [9.17, 15) is 0 Å². The Labute approximate surface area is 193 Å². The lowest BCUT2D eigenvalue weighted by molar-refractivity contribution is 0.324. The number of benzene rings is 2. The van der Waals surface area contributed by atoms with Crippen LogP contribution >= 0.6 is 0 Å². The molecule has 9 nitrogen and oxygen atoms in total. The first-order chi connectivity index (χ1) is 16.2. The maximum Gasteiger partial charge on any atom is 0.226 e. The second-order valence-electron chi connectivity index (χ2n) is 8.04. The predicted molar refractivity (Wildman–Crippen MR) is 127 cm³/mol. The molecule has 2 aliphatic heterocycles. The number of ether oxygens (including phenoxy) is 3. The van der Waals surface area contributed by atoms with Crippen molar-refractivity contribution in [3.63, 3.8) is 0 Å². The summed E-state index contributed by atoms with van der Waals surface area (Å²) in [6.07, 6.45) is 1.00. The molecule has 1 unspecified atom stereocenters. The Morgan fingerprint density at radius 2 is 1.76 bits per heavy atom. The summed E-state index contributed by atoms with van der Waals surface area (Å²) in [7, 11) is 4.82. The van der Waals surface area contributed by atoms with E-state index in [0.29, 0.717) is 29.7 Å². The minimum Gasteiger partial charge on any atom is -0.493 e. The summed E-state index contributed by atoms with van der Waals surface area (Å²) < 4.78 is 16.4. The Kier molecular flexibility index (Phi) is 5.78. The van der Waals surface area contributed by atoms with Crippen LogP contribution < -0.4 is 35.3 Å². The van der Waals surface area contributed by atoms with E-state index in [0.717, 1.165) is 42.3 Å². The van der Waals surface area contributed by atoms with Gasteiger partial charge in [-0.05, 0) is 29.7 Å². The molecule has 2 aromatic carbocycles. The van der Waals surface area contributed by atoms with Gasteiger partial charge in [-0.25, -0.2) is 5.43 Å². The van der Waals surface area contributed by atoms with Gasteiger partial charge in [0.2, 0.25) is 11.7 Å². The first kappa shape index (κ1) is 21.1. The fraction of sp³-hybridized carbons (Fsp3) is 0.333. The van der Waals surface area contributed by atoms with Gasteiger partial charge in [0, 0.05) is 19.6 Å². The van der Waals surface area contributed by atoms with Gasteiger partial charge in [-0.2, -0.15) is 9.97 Å². The molecule has 0 saturated heterocycles. The van der Waals surface area contributed by atoms with Crippen molar-refractivity contribution in [3.05, 3.63) is 59.2 Å². The van der Waals surface area contributed by atoms with Crippen LogP contribution in [0.15, 0.2) is 42.5 Å². The Morgan fingerprint density at radius 3 is 2.45 bits per heavy atom. The largest absolute Gasteiger partial charge is 0.493 e. The van der Waals surface area contributed by atoms with Gasteiger partial charge in [0.25, 0.3) is 0 Å². The van der Waals surface area contributed by atoms with Gasteiger partial charge in [0.1, 0.15) is 5.82 Å². The Bertz CT molecular complexity index is 1120. The van der Waals surface area contributed by atoms with Gasteiger partial charge in [-0.1, -0.05) is 30.3 Å². The molecule has 0 saturated carbocycles. The topological polar surface area (TPSA) is 92.8 Å². The number of aromatic nitrogens is 2. The molecule has 0 aliphatic carbocycles. The zero-order valence-corrected chi connectivity index (χ0v) is 19.0. The van der Waals surface area contributed by atoms with Gasteiger partial charge in [-0.15, -0.1) is 0 Å². The summed E-state index contributed by atoms with van der Waals surface area (Å²) >= 11 is 0. The monoisotopic (exact) mass is 448 g/mol.